The first kappa shape index (κ1) is 19.6. The molecule has 4 rings (SSSR count). The monoisotopic (exact) mass is 420 g/mol. The Balaban J connectivity index is 1.72. The molecule has 0 atom stereocenters. The number of aromatic nitrogens is 2. The fourth-order valence-corrected chi connectivity index (χ4v) is 3.65. The molecule has 6 nitrogen and oxygen atoms in total. The lowest BCUT2D eigenvalue weighted by Crippen LogP contribution is -2.54. The topological polar surface area (TPSA) is 68.3 Å². The van der Waals surface area contributed by atoms with Crippen molar-refractivity contribution in [2.45, 2.75) is 19.0 Å². The van der Waals surface area contributed by atoms with Crippen LogP contribution in [0.25, 0.3) is 10.9 Å². The zero-order chi connectivity index (χ0) is 20.6. The predicted molar refractivity (Wildman–Crippen MR) is 108 cm³/mol. The lowest BCUT2D eigenvalue weighted by atomic mass is 9.76. The molecule has 1 saturated heterocycles. The molecule has 29 heavy (non-hydrogen) atoms. The van der Waals surface area contributed by atoms with Gasteiger partial charge in [0.05, 0.1) is 17.6 Å². The van der Waals surface area contributed by atoms with Gasteiger partial charge in [-0.25, -0.2) is 9.97 Å². The second kappa shape index (κ2) is 7.61. The van der Waals surface area contributed by atoms with E-state index in [0.717, 1.165) is 35.3 Å². The Bertz CT molecular complexity index is 1060. The molecule has 2 heterocycles. The minimum Gasteiger partial charge on any atom is -0.496 e. The maximum atomic E-state index is 12.4. The number of anilines is 2. The van der Waals surface area contributed by atoms with E-state index in [4.69, 9.17) is 16.3 Å². The molecular formula is C20H19ClF2N4O2. The molecule has 0 bridgehead atoms. The predicted octanol–water partition coefficient (Wildman–Crippen LogP) is 4.50. The van der Waals surface area contributed by atoms with Crippen molar-refractivity contribution in [2.24, 2.45) is 0 Å². The SMILES string of the molecule is COc1cc2ncnc(Nc3ccc(OC(F)F)c(Cl)c3)c2cc1C1(C)CNC1. The zero-order valence-corrected chi connectivity index (χ0v) is 16.6. The van der Waals surface area contributed by atoms with Gasteiger partial charge in [0.25, 0.3) is 0 Å². The van der Waals surface area contributed by atoms with Crippen LogP contribution in [0.2, 0.25) is 5.02 Å². The highest BCUT2D eigenvalue weighted by molar-refractivity contribution is 6.32. The number of methoxy groups -OCH3 is 1. The van der Waals surface area contributed by atoms with Gasteiger partial charge >= 0.3 is 6.61 Å². The number of benzene rings is 2. The number of rotatable bonds is 6. The second-order valence-corrected chi connectivity index (χ2v) is 7.51. The van der Waals surface area contributed by atoms with Crippen molar-refractivity contribution in [3.05, 3.63) is 47.2 Å². The summed E-state index contributed by atoms with van der Waals surface area (Å²) >= 11 is 6.05. The number of fused-ring (bicyclic) bond motifs is 1. The van der Waals surface area contributed by atoms with Crippen LogP contribution in [0.4, 0.5) is 20.3 Å². The minimum absolute atomic E-state index is 0.0375. The number of hydrogen-bond acceptors (Lipinski definition) is 6. The van der Waals surface area contributed by atoms with Crippen LogP contribution in [-0.2, 0) is 5.41 Å². The highest BCUT2D eigenvalue weighted by Crippen LogP contribution is 2.39. The zero-order valence-electron chi connectivity index (χ0n) is 15.8. The van der Waals surface area contributed by atoms with Crippen LogP contribution < -0.4 is 20.1 Å². The highest BCUT2D eigenvalue weighted by Gasteiger charge is 2.36. The second-order valence-electron chi connectivity index (χ2n) is 7.10. The van der Waals surface area contributed by atoms with E-state index in [1.165, 1.54) is 18.5 Å². The number of halogens is 3. The van der Waals surface area contributed by atoms with Crippen LogP contribution in [0.15, 0.2) is 36.7 Å². The summed E-state index contributed by atoms with van der Waals surface area (Å²) in [5.74, 6) is 1.27. The van der Waals surface area contributed by atoms with E-state index in [2.05, 4.69) is 32.3 Å². The first-order valence-electron chi connectivity index (χ1n) is 8.95. The number of ether oxygens (including phenoxy) is 2. The average molecular weight is 421 g/mol. The van der Waals surface area contributed by atoms with Gasteiger partial charge < -0.3 is 20.1 Å². The van der Waals surface area contributed by atoms with E-state index in [1.54, 1.807) is 13.2 Å². The molecule has 0 amide bonds. The molecular weight excluding hydrogens is 402 g/mol. The molecule has 0 spiro atoms. The van der Waals surface area contributed by atoms with Crippen molar-refractivity contribution in [1.29, 1.82) is 0 Å². The van der Waals surface area contributed by atoms with Crippen LogP contribution in [0.5, 0.6) is 11.5 Å². The summed E-state index contributed by atoms with van der Waals surface area (Å²) in [6, 6.07) is 8.42. The Morgan fingerprint density at radius 2 is 1.97 bits per heavy atom. The van der Waals surface area contributed by atoms with Crippen LogP contribution in [0.3, 0.4) is 0 Å². The molecule has 1 aliphatic heterocycles. The smallest absolute Gasteiger partial charge is 0.387 e. The van der Waals surface area contributed by atoms with E-state index in [1.807, 2.05) is 12.1 Å². The van der Waals surface area contributed by atoms with Gasteiger partial charge in [-0.05, 0) is 24.3 Å². The normalized spacial score (nSPS) is 15.2. The molecule has 0 radical (unpaired) electrons. The molecule has 3 aromatic rings. The third-order valence-electron chi connectivity index (χ3n) is 5.05. The Kier molecular flexibility index (Phi) is 5.14. The maximum Gasteiger partial charge on any atom is 0.387 e. The molecule has 0 saturated carbocycles. The minimum atomic E-state index is -2.94. The number of alkyl halides is 2. The van der Waals surface area contributed by atoms with Gasteiger partial charge in [-0.15, -0.1) is 0 Å². The molecule has 1 aliphatic rings. The maximum absolute atomic E-state index is 12.4. The summed E-state index contributed by atoms with van der Waals surface area (Å²) in [7, 11) is 1.64. The van der Waals surface area contributed by atoms with Crippen molar-refractivity contribution in [3.8, 4) is 11.5 Å². The summed E-state index contributed by atoms with van der Waals surface area (Å²) in [5.41, 5.74) is 2.35. The van der Waals surface area contributed by atoms with E-state index < -0.39 is 6.61 Å². The van der Waals surface area contributed by atoms with Gasteiger partial charge in [-0.2, -0.15) is 8.78 Å². The lowest BCUT2D eigenvalue weighted by Gasteiger charge is -2.40. The highest BCUT2D eigenvalue weighted by atomic mass is 35.5. The van der Waals surface area contributed by atoms with Crippen molar-refractivity contribution in [1.82, 2.24) is 15.3 Å². The van der Waals surface area contributed by atoms with Crippen LogP contribution >= 0.6 is 11.6 Å². The van der Waals surface area contributed by atoms with Gasteiger partial charge in [-0.1, -0.05) is 18.5 Å². The van der Waals surface area contributed by atoms with Crippen molar-refractivity contribution >= 4 is 34.0 Å². The summed E-state index contributed by atoms with van der Waals surface area (Å²) in [6.07, 6.45) is 1.45. The quantitative estimate of drug-likeness (QED) is 0.612. The summed E-state index contributed by atoms with van der Waals surface area (Å²) in [4.78, 5) is 8.70. The number of nitrogens with zero attached hydrogens (tertiary/aromatic N) is 2. The van der Waals surface area contributed by atoms with E-state index >= 15 is 0 Å². The molecule has 0 unspecified atom stereocenters. The standard InChI is InChI=1S/C20H19ClF2N4O2/c1-20(8-24-9-20)13-6-12-15(7-17(13)28-2)25-10-26-18(12)27-11-3-4-16(14(21)5-11)29-19(22)23/h3-7,10,19,24H,8-9H2,1-2H3,(H,25,26,27). The van der Waals surface area contributed by atoms with Crippen LogP contribution in [0.1, 0.15) is 12.5 Å². The molecule has 0 aliphatic carbocycles. The van der Waals surface area contributed by atoms with Crippen molar-refractivity contribution in [2.75, 3.05) is 25.5 Å². The summed E-state index contributed by atoms with van der Waals surface area (Å²) in [6.45, 7) is 0.942. The fraction of sp³-hybridized carbons (Fsp3) is 0.300. The third kappa shape index (κ3) is 3.77. The Hall–Kier alpha value is -2.71. The van der Waals surface area contributed by atoms with Gasteiger partial charge in [-0.3, -0.25) is 0 Å². The van der Waals surface area contributed by atoms with Crippen LogP contribution in [-0.4, -0.2) is 36.8 Å². The molecule has 152 valence electrons. The van der Waals surface area contributed by atoms with Gasteiger partial charge in [0, 0.05) is 41.2 Å². The van der Waals surface area contributed by atoms with Crippen molar-refractivity contribution < 1.29 is 18.3 Å². The van der Waals surface area contributed by atoms with Gasteiger partial charge in [0.15, 0.2) is 0 Å². The first-order valence-corrected chi connectivity index (χ1v) is 9.33. The Morgan fingerprint density at radius 1 is 1.17 bits per heavy atom. The van der Waals surface area contributed by atoms with E-state index in [0.29, 0.717) is 11.5 Å². The molecule has 9 heteroatoms. The lowest BCUT2D eigenvalue weighted by molar-refractivity contribution is -0.0497. The Morgan fingerprint density at radius 3 is 2.59 bits per heavy atom. The van der Waals surface area contributed by atoms with Gasteiger partial charge in [0.1, 0.15) is 23.6 Å². The largest absolute Gasteiger partial charge is 0.496 e. The molecule has 1 aromatic heterocycles. The average Bonchev–Trinajstić information content (AvgIpc) is 2.67. The molecule has 2 aromatic carbocycles. The first-order chi connectivity index (χ1) is 13.9. The number of nitrogens with one attached hydrogen (secondary N) is 2. The van der Waals surface area contributed by atoms with Crippen molar-refractivity contribution in [3.63, 3.8) is 0 Å². The molecule has 2 N–H and O–H groups in total. The summed E-state index contributed by atoms with van der Waals surface area (Å²) < 4.78 is 34.8. The molecule has 1 fully saturated rings. The third-order valence-corrected chi connectivity index (χ3v) is 5.34. The fourth-order valence-electron chi connectivity index (χ4n) is 3.42. The van der Waals surface area contributed by atoms with Crippen LogP contribution in [0, 0.1) is 0 Å². The van der Waals surface area contributed by atoms with Gasteiger partial charge in [0.2, 0.25) is 0 Å². The van der Waals surface area contributed by atoms with E-state index in [9.17, 15) is 8.78 Å². The number of hydrogen-bond donors (Lipinski definition) is 2. The van der Waals surface area contributed by atoms with E-state index in [-0.39, 0.29) is 16.2 Å². The summed E-state index contributed by atoms with van der Waals surface area (Å²) in [5, 5.41) is 7.38. The Labute approximate surface area is 171 Å².